The zero-order valence-electron chi connectivity index (χ0n) is 8.66. The maximum absolute atomic E-state index is 11.9. The van der Waals surface area contributed by atoms with E-state index in [0.717, 1.165) is 6.42 Å². The van der Waals surface area contributed by atoms with Crippen LogP contribution in [0.25, 0.3) is 0 Å². The van der Waals surface area contributed by atoms with E-state index in [1.54, 1.807) is 17.9 Å². The average molecular weight is 207 g/mol. The van der Waals surface area contributed by atoms with Gasteiger partial charge in [-0.05, 0) is 19.4 Å². The molecule has 1 aliphatic rings. The molecule has 1 amide bonds. The van der Waals surface area contributed by atoms with Gasteiger partial charge in [0.05, 0.1) is 18.4 Å². The fourth-order valence-corrected chi connectivity index (χ4v) is 1.79. The van der Waals surface area contributed by atoms with Gasteiger partial charge in [-0.15, -0.1) is 0 Å². The van der Waals surface area contributed by atoms with Gasteiger partial charge < -0.3 is 9.32 Å². The van der Waals surface area contributed by atoms with Crippen molar-refractivity contribution >= 4 is 11.7 Å². The Morgan fingerprint density at radius 1 is 1.53 bits per heavy atom. The number of ketones is 1. The van der Waals surface area contributed by atoms with Crippen molar-refractivity contribution in [3.63, 3.8) is 0 Å². The number of carbonyl (C=O) groups excluding carboxylic acids is 2. The first-order valence-electron chi connectivity index (χ1n) is 5.03. The van der Waals surface area contributed by atoms with Crippen molar-refractivity contribution in [2.75, 3.05) is 13.1 Å². The lowest BCUT2D eigenvalue weighted by molar-refractivity contribution is -0.121. The number of piperidine rings is 1. The van der Waals surface area contributed by atoms with Gasteiger partial charge in [0.1, 0.15) is 5.76 Å². The SMILES string of the molecule is Cc1occc1C(=O)N1CCCC(=O)C1. The molecule has 1 aromatic rings. The molecule has 0 unspecified atom stereocenters. The van der Waals surface area contributed by atoms with Gasteiger partial charge in [-0.2, -0.15) is 0 Å². The number of furan rings is 1. The summed E-state index contributed by atoms with van der Waals surface area (Å²) in [7, 11) is 0. The van der Waals surface area contributed by atoms with Gasteiger partial charge in [0, 0.05) is 13.0 Å². The predicted octanol–water partition coefficient (Wildman–Crippen LogP) is 1.39. The summed E-state index contributed by atoms with van der Waals surface area (Å²) in [5.41, 5.74) is 0.560. The summed E-state index contributed by atoms with van der Waals surface area (Å²) in [6.07, 6.45) is 2.85. The van der Waals surface area contributed by atoms with Crippen LogP contribution in [0.4, 0.5) is 0 Å². The van der Waals surface area contributed by atoms with Crippen LogP contribution in [-0.2, 0) is 4.79 Å². The van der Waals surface area contributed by atoms with E-state index in [1.807, 2.05) is 0 Å². The summed E-state index contributed by atoms with van der Waals surface area (Å²) in [6.45, 7) is 2.65. The first-order valence-corrected chi connectivity index (χ1v) is 5.03. The lowest BCUT2D eigenvalue weighted by Gasteiger charge is -2.25. The molecule has 0 N–H and O–H groups in total. The largest absolute Gasteiger partial charge is 0.469 e. The molecule has 0 saturated carbocycles. The van der Waals surface area contributed by atoms with Gasteiger partial charge in [-0.1, -0.05) is 0 Å². The van der Waals surface area contributed by atoms with Crippen LogP contribution in [0.5, 0.6) is 0 Å². The van der Waals surface area contributed by atoms with E-state index in [4.69, 9.17) is 4.42 Å². The van der Waals surface area contributed by atoms with Crippen molar-refractivity contribution in [1.29, 1.82) is 0 Å². The summed E-state index contributed by atoms with van der Waals surface area (Å²) >= 11 is 0. The molecule has 4 nitrogen and oxygen atoms in total. The van der Waals surface area contributed by atoms with E-state index in [2.05, 4.69) is 0 Å². The highest BCUT2D eigenvalue weighted by atomic mass is 16.3. The minimum absolute atomic E-state index is 0.102. The van der Waals surface area contributed by atoms with Crippen molar-refractivity contribution in [3.05, 3.63) is 23.7 Å². The number of likely N-dealkylation sites (tertiary alicyclic amines) is 1. The maximum atomic E-state index is 11.9. The molecular formula is C11H13NO3. The highest BCUT2D eigenvalue weighted by Gasteiger charge is 2.24. The number of carbonyl (C=O) groups is 2. The van der Waals surface area contributed by atoms with Crippen LogP contribution in [0.15, 0.2) is 16.7 Å². The van der Waals surface area contributed by atoms with Crippen LogP contribution < -0.4 is 0 Å². The topological polar surface area (TPSA) is 50.5 Å². The quantitative estimate of drug-likeness (QED) is 0.699. The van der Waals surface area contributed by atoms with E-state index in [-0.39, 0.29) is 18.2 Å². The third-order valence-electron chi connectivity index (χ3n) is 2.63. The number of hydrogen-bond acceptors (Lipinski definition) is 3. The zero-order valence-corrected chi connectivity index (χ0v) is 8.66. The molecule has 0 aliphatic carbocycles. The lowest BCUT2D eigenvalue weighted by Crippen LogP contribution is -2.40. The molecule has 80 valence electrons. The van der Waals surface area contributed by atoms with E-state index >= 15 is 0 Å². The van der Waals surface area contributed by atoms with Crippen molar-refractivity contribution in [2.45, 2.75) is 19.8 Å². The summed E-state index contributed by atoms with van der Waals surface area (Å²) in [6, 6.07) is 1.65. The fourth-order valence-electron chi connectivity index (χ4n) is 1.79. The molecule has 4 heteroatoms. The molecule has 1 aromatic heterocycles. The Morgan fingerprint density at radius 3 is 2.93 bits per heavy atom. The summed E-state index contributed by atoms with van der Waals surface area (Å²) < 4.78 is 5.07. The first-order chi connectivity index (χ1) is 7.18. The summed E-state index contributed by atoms with van der Waals surface area (Å²) in [4.78, 5) is 24.7. The van der Waals surface area contributed by atoms with E-state index in [0.29, 0.717) is 24.3 Å². The first kappa shape index (κ1) is 9.96. The van der Waals surface area contributed by atoms with Crippen molar-refractivity contribution in [3.8, 4) is 0 Å². The molecule has 0 spiro atoms. The zero-order chi connectivity index (χ0) is 10.8. The van der Waals surface area contributed by atoms with Crippen molar-refractivity contribution in [1.82, 2.24) is 4.90 Å². The average Bonchev–Trinajstić information content (AvgIpc) is 2.63. The molecule has 2 heterocycles. The van der Waals surface area contributed by atoms with E-state index in [9.17, 15) is 9.59 Å². The van der Waals surface area contributed by atoms with Crippen molar-refractivity contribution < 1.29 is 14.0 Å². The third kappa shape index (κ3) is 1.93. The lowest BCUT2D eigenvalue weighted by atomic mass is 10.1. The highest BCUT2D eigenvalue weighted by Crippen LogP contribution is 2.15. The number of Topliss-reactive ketones (excluding diaryl/α,β-unsaturated/α-hetero) is 1. The van der Waals surface area contributed by atoms with Crippen LogP contribution in [-0.4, -0.2) is 29.7 Å². The number of amides is 1. The molecule has 0 bridgehead atoms. The molecule has 15 heavy (non-hydrogen) atoms. The van der Waals surface area contributed by atoms with Crippen molar-refractivity contribution in [2.24, 2.45) is 0 Å². The Kier molecular flexibility index (Phi) is 2.58. The van der Waals surface area contributed by atoms with E-state index in [1.165, 1.54) is 6.26 Å². The Morgan fingerprint density at radius 2 is 2.33 bits per heavy atom. The molecule has 2 rings (SSSR count). The van der Waals surface area contributed by atoms with Gasteiger partial charge >= 0.3 is 0 Å². The number of nitrogens with zero attached hydrogens (tertiary/aromatic N) is 1. The van der Waals surface area contributed by atoms with Crippen LogP contribution in [0.1, 0.15) is 29.0 Å². The minimum Gasteiger partial charge on any atom is -0.469 e. The molecule has 0 radical (unpaired) electrons. The number of rotatable bonds is 1. The Hall–Kier alpha value is -1.58. The Bertz CT molecular complexity index is 394. The highest BCUT2D eigenvalue weighted by molar-refractivity contribution is 5.98. The molecule has 1 aliphatic heterocycles. The van der Waals surface area contributed by atoms with Crippen LogP contribution in [0, 0.1) is 6.92 Å². The number of hydrogen-bond donors (Lipinski definition) is 0. The molecule has 0 aromatic carbocycles. The molecule has 1 fully saturated rings. The van der Waals surface area contributed by atoms with Gasteiger partial charge in [0.2, 0.25) is 0 Å². The van der Waals surface area contributed by atoms with Crippen LogP contribution in [0.2, 0.25) is 0 Å². The van der Waals surface area contributed by atoms with Gasteiger partial charge in [-0.25, -0.2) is 0 Å². The minimum atomic E-state index is -0.102. The Balaban J connectivity index is 2.14. The molecular weight excluding hydrogens is 194 g/mol. The van der Waals surface area contributed by atoms with Gasteiger partial charge in [0.25, 0.3) is 5.91 Å². The fraction of sp³-hybridized carbons (Fsp3) is 0.455. The second-order valence-corrected chi connectivity index (χ2v) is 3.76. The van der Waals surface area contributed by atoms with Gasteiger partial charge in [0.15, 0.2) is 5.78 Å². The van der Waals surface area contributed by atoms with E-state index < -0.39 is 0 Å². The Labute approximate surface area is 87.9 Å². The number of aryl methyl sites for hydroxylation is 1. The standard InChI is InChI=1S/C11H13NO3/c1-8-10(4-6-15-8)11(14)12-5-2-3-9(13)7-12/h4,6H,2-3,5,7H2,1H3. The summed E-state index contributed by atoms with van der Waals surface area (Å²) in [5, 5.41) is 0. The monoisotopic (exact) mass is 207 g/mol. The molecule has 1 saturated heterocycles. The normalized spacial score (nSPS) is 16.9. The maximum Gasteiger partial charge on any atom is 0.257 e. The second kappa shape index (κ2) is 3.88. The summed E-state index contributed by atoms with van der Waals surface area (Å²) in [5.74, 6) is 0.642. The van der Waals surface area contributed by atoms with Gasteiger partial charge in [-0.3, -0.25) is 9.59 Å². The smallest absolute Gasteiger partial charge is 0.257 e. The van der Waals surface area contributed by atoms with Crippen LogP contribution >= 0.6 is 0 Å². The van der Waals surface area contributed by atoms with Crippen LogP contribution in [0.3, 0.4) is 0 Å². The molecule has 0 atom stereocenters. The second-order valence-electron chi connectivity index (χ2n) is 3.76. The third-order valence-corrected chi connectivity index (χ3v) is 2.63. The predicted molar refractivity (Wildman–Crippen MR) is 53.6 cm³/mol.